The summed E-state index contributed by atoms with van der Waals surface area (Å²) in [4.78, 5) is 11.0. The molecule has 32 heavy (non-hydrogen) atoms. The molecule has 4 heterocycles. The first kappa shape index (κ1) is 20.2. The van der Waals surface area contributed by atoms with Crippen LogP contribution in [0.5, 0.6) is 5.75 Å². The number of hydrogen-bond donors (Lipinski definition) is 1. The Kier molecular flexibility index (Phi) is 5.56. The van der Waals surface area contributed by atoms with Crippen LogP contribution < -0.4 is 10.1 Å². The van der Waals surface area contributed by atoms with Crippen LogP contribution in [0.15, 0.2) is 91.5 Å². The molecule has 0 radical (unpaired) electrons. The van der Waals surface area contributed by atoms with Crippen molar-refractivity contribution in [2.45, 2.75) is 18.6 Å². The molecule has 1 fully saturated rings. The molecule has 0 aliphatic carbocycles. The van der Waals surface area contributed by atoms with Crippen molar-refractivity contribution in [1.82, 2.24) is 24.8 Å². The van der Waals surface area contributed by atoms with Gasteiger partial charge in [-0.2, -0.15) is 0 Å². The molecule has 0 bridgehead atoms. The van der Waals surface area contributed by atoms with Gasteiger partial charge in [0.2, 0.25) is 0 Å². The van der Waals surface area contributed by atoms with Crippen molar-refractivity contribution in [3.8, 4) is 11.4 Å². The smallest absolute Gasteiger partial charge is 0.170 e. The van der Waals surface area contributed by atoms with E-state index in [9.17, 15) is 0 Å². The fourth-order valence-electron chi connectivity index (χ4n) is 4.21. The van der Waals surface area contributed by atoms with Gasteiger partial charge in [0.15, 0.2) is 5.11 Å². The molecule has 6 nitrogen and oxygen atoms in total. The number of aromatic nitrogens is 3. The summed E-state index contributed by atoms with van der Waals surface area (Å²) in [5.74, 6) is 0.817. The van der Waals surface area contributed by atoms with Crippen LogP contribution in [-0.4, -0.2) is 31.7 Å². The first-order chi connectivity index (χ1) is 15.7. The van der Waals surface area contributed by atoms with E-state index in [0.717, 1.165) is 28.4 Å². The van der Waals surface area contributed by atoms with Gasteiger partial charge >= 0.3 is 0 Å². The molecular formula is C25H23N5OS. The van der Waals surface area contributed by atoms with Crippen LogP contribution in [0.2, 0.25) is 0 Å². The Morgan fingerprint density at radius 2 is 1.88 bits per heavy atom. The summed E-state index contributed by atoms with van der Waals surface area (Å²) in [6, 6.07) is 22.2. The van der Waals surface area contributed by atoms with E-state index in [4.69, 9.17) is 17.0 Å². The molecule has 2 atom stereocenters. The highest BCUT2D eigenvalue weighted by atomic mass is 32.1. The second-order valence-electron chi connectivity index (χ2n) is 7.61. The van der Waals surface area contributed by atoms with Gasteiger partial charge in [-0.15, -0.1) is 0 Å². The first-order valence-electron chi connectivity index (χ1n) is 10.4. The summed E-state index contributed by atoms with van der Waals surface area (Å²) in [6.07, 6.45) is 7.52. The third kappa shape index (κ3) is 3.83. The number of thiocarbonyl (C=S) groups is 1. The normalized spacial score (nSPS) is 17.9. The number of rotatable bonds is 6. The van der Waals surface area contributed by atoms with Crippen LogP contribution in [0.3, 0.4) is 0 Å². The van der Waals surface area contributed by atoms with E-state index in [1.807, 2.05) is 67.1 Å². The van der Waals surface area contributed by atoms with E-state index in [0.29, 0.717) is 11.7 Å². The lowest BCUT2D eigenvalue weighted by molar-refractivity contribution is 0.302. The third-order valence-electron chi connectivity index (χ3n) is 5.71. The molecule has 1 aliphatic rings. The maximum absolute atomic E-state index is 5.81. The highest BCUT2D eigenvalue weighted by molar-refractivity contribution is 7.80. The van der Waals surface area contributed by atoms with Crippen molar-refractivity contribution in [3.63, 3.8) is 0 Å². The minimum atomic E-state index is -0.0789. The quantitative estimate of drug-likeness (QED) is 0.446. The summed E-state index contributed by atoms with van der Waals surface area (Å²) in [6.45, 7) is 0.672. The van der Waals surface area contributed by atoms with Crippen LogP contribution in [0, 0.1) is 0 Å². The Balaban J connectivity index is 1.60. The third-order valence-corrected chi connectivity index (χ3v) is 6.07. The lowest BCUT2D eigenvalue weighted by atomic mass is 10.0. The molecule has 0 spiro atoms. The van der Waals surface area contributed by atoms with Crippen molar-refractivity contribution < 1.29 is 4.74 Å². The van der Waals surface area contributed by atoms with Gasteiger partial charge in [0.25, 0.3) is 0 Å². The van der Waals surface area contributed by atoms with Gasteiger partial charge in [0.1, 0.15) is 5.75 Å². The fourth-order valence-corrected chi connectivity index (χ4v) is 4.52. The predicted molar refractivity (Wildman–Crippen MR) is 128 cm³/mol. The average molecular weight is 442 g/mol. The van der Waals surface area contributed by atoms with E-state index in [-0.39, 0.29) is 12.1 Å². The van der Waals surface area contributed by atoms with E-state index in [2.05, 4.69) is 49.1 Å². The molecule has 3 aromatic heterocycles. The molecule has 5 rings (SSSR count). The summed E-state index contributed by atoms with van der Waals surface area (Å²) in [7, 11) is 1.68. The number of ether oxygens (including phenoxy) is 1. The molecule has 4 aromatic rings. The lowest BCUT2D eigenvalue weighted by Gasteiger charge is -2.29. The van der Waals surface area contributed by atoms with Crippen molar-refractivity contribution in [1.29, 1.82) is 0 Å². The van der Waals surface area contributed by atoms with Crippen molar-refractivity contribution >= 4 is 17.3 Å². The summed E-state index contributed by atoms with van der Waals surface area (Å²) >= 11 is 5.81. The van der Waals surface area contributed by atoms with E-state index in [1.165, 1.54) is 0 Å². The lowest BCUT2D eigenvalue weighted by Crippen LogP contribution is -2.30. The maximum Gasteiger partial charge on any atom is 0.170 e. The van der Waals surface area contributed by atoms with Gasteiger partial charge in [-0.05, 0) is 66.3 Å². The van der Waals surface area contributed by atoms with Gasteiger partial charge in [0.05, 0.1) is 24.9 Å². The number of nitrogens with zero attached hydrogens (tertiary/aromatic N) is 4. The fraction of sp³-hybridized carbons (Fsp3) is 0.160. The molecule has 0 amide bonds. The zero-order valence-corrected chi connectivity index (χ0v) is 18.4. The molecule has 1 saturated heterocycles. The van der Waals surface area contributed by atoms with Gasteiger partial charge in [-0.25, -0.2) is 0 Å². The van der Waals surface area contributed by atoms with Gasteiger partial charge < -0.3 is 19.5 Å². The molecule has 1 aromatic carbocycles. The number of benzene rings is 1. The van der Waals surface area contributed by atoms with Crippen LogP contribution in [0.1, 0.15) is 29.0 Å². The Bertz CT molecular complexity index is 1210. The Morgan fingerprint density at radius 3 is 2.66 bits per heavy atom. The van der Waals surface area contributed by atoms with E-state index < -0.39 is 0 Å². The van der Waals surface area contributed by atoms with E-state index in [1.54, 1.807) is 7.11 Å². The van der Waals surface area contributed by atoms with Crippen LogP contribution in [-0.2, 0) is 6.54 Å². The number of methoxy groups -OCH3 is 1. The molecule has 7 heteroatoms. The van der Waals surface area contributed by atoms with Gasteiger partial charge in [-0.1, -0.05) is 12.1 Å². The summed E-state index contributed by atoms with van der Waals surface area (Å²) in [5, 5.41) is 4.23. The van der Waals surface area contributed by atoms with Gasteiger partial charge in [0, 0.05) is 48.8 Å². The zero-order chi connectivity index (χ0) is 21.9. The Labute approximate surface area is 192 Å². The van der Waals surface area contributed by atoms with Crippen molar-refractivity contribution in [2.24, 2.45) is 0 Å². The zero-order valence-electron chi connectivity index (χ0n) is 17.6. The van der Waals surface area contributed by atoms with Gasteiger partial charge in [-0.3, -0.25) is 9.97 Å². The largest absolute Gasteiger partial charge is 0.497 e. The molecule has 0 saturated carbocycles. The minimum absolute atomic E-state index is 0.0493. The minimum Gasteiger partial charge on any atom is -0.497 e. The Morgan fingerprint density at radius 1 is 1.00 bits per heavy atom. The SMILES string of the molecule is COc1cccc(-n2cccc2C2C(c3ccccn3)NC(=S)N2Cc2ccncc2)c1. The van der Waals surface area contributed by atoms with Crippen molar-refractivity contribution in [3.05, 3.63) is 108 Å². The van der Waals surface area contributed by atoms with E-state index >= 15 is 0 Å². The highest BCUT2D eigenvalue weighted by Gasteiger charge is 2.41. The van der Waals surface area contributed by atoms with Crippen molar-refractivity contribution in [2.75, 3.05) is 7.11 Å². The molecular weight excluding hydrogens is 418 g/mol. The monoisotopic (exact) mass is 441 g/mol. The first-order valence-corrected chi connectivity index (χ1v) is 10.8. The summed E-state index contributed by atoms with van der Waals surface area (Å²) in [5.41, 5.74) is 4.26. The number of pyridine rings is 2. The maximum atomic E-state index is 5.81. The summed E-state index contributed by atoms with van der Waals surface area (Å²) < 4.78 is 7.65. The molecule has 1 N–H and O–H groups in total. The van der Waals surface area contributed by atoms with Crippen LogP contribution in [0.25, 0.3) is 5.69 Å². The second kappa shape index (κ2) is 8.80. The van der Waals surface area contributed by atoms with Crippen LogP contribution >= 0.6 is 12.2 Å². The molecule has 1 aliphatic heterocycles. The topological polar surface area (TPSA) is 55.2 Å². The highest BCUT2D eigenvalue weighted by Crippen LogP contribution is 2.40. The average Bonchev–Trinajstić information content (AvgIpc) is 3.45. The molecule has 2 unspecified atom stereocenters. The molecule has 160 valence electrons. The second-order valence-corrected chi connectivity index (χ2v) is 8.00. The number of hydrogen-bond acceptors (Lipinski definition) is 4. The Hall–Kier alpha value is -3.71. The van der Waals surface area contributed by atoms with Crippen LogP contribution in [0.4, 0.5) is 0 Å². The predicted octanol–water partition coefficient (Wildman–Crippen LogP) is 4.45. The standard InChI is InChI=1S/C25H23N5OS/c1-31-20-7-4-6-19(16-20)29-15-5-9-22(29)24-23(21-8-2-3-12-27-21)28-25(32)30(24)17-18-10-13-26-14-11-18/h2-16,23-24H,17H2,1H3,(H,28,32). The number of nitrogens with one attached hydrogen (secondary N) is 1.